The lowest BCUT2D eigenvalue weighted by atomic mass is 10.1. The summed E-state index contributed by atoms with van der Waals surface area (Å²) in [5, 5.41) is 4.92. The van der Waals surface area contributed by atoms with Crippen LogP contribution in [0.25, 0.3) is 0 Å². The van der Waals surface area contributed by atoms with E-state index in [0.29, 0.717) is 0 Å². The molecule has 194 valence electrons. The zero-order valence-corrected chi connectivity index (χ0v) is 20.9. The van der Waals surface area contributed by atoms with Crippen LogP contribution in [-0.2, 0) is 35.6 Å². The number of ether oxygens (including phenoxy) is 1. The molecule has 3 amide bonds. The lowest BCUT2D eigenvalue weighted by molar-refractivity contribution is -0.123. The number of primary amides is 1. The lowest BCUT2D eigenvalue weighted by Gasteiger charge is -2.18. The number of hydrogen-bond acceptors (Lipinski definition) is 7. The standard InChI is InChI=1S/C25H31N3O7S/c1-18-7-9-21(10-8-18)36(33,34)16-14-20(29)13-15-27-24(31)22(11-12-23(26)30)28-25(32)35-17-19-5-3-2-4-6-19/h2-10,22H,11-17H2,1H3,(H2,26,30)(H,27,31)(H,28,32). The summed E-state index contributed by atoms with van der Waals surface area (Å²) in [6.07, 6.45) is -1.32. The first-order valence-corrected chi connectivity index (χ1v) is 13.1. The van der Waals surface area contributed by atoms with Crippen LogP contribution < -0.4 is 16.4 Å². The Morgan fingerprint density at radius 1 is 0.944 bits per heavy atom. The number of rotatable bonds is 14. The smallest absolute Gasteiger partial charge is 0.408 e. The Morgan fingerprint density at radius 3 is 2.25 bits per heavy atom. The molecule has 4 N–H and O–H groups in total. The summed E-state index contributed by atoms with van der Waals surface area (Å²) in [4.78, 5) is 48.1. The number of benzene rings is 2. The Labute approximate surface area is 210 Å². The monoisotopic (exact) mass is 517 g/mol. The predicted molar refractivity (Wildman–Crippen MR) is 132 cm³/mol. The van der Waals surface area contributed by atoms with Gasteiger partial charge in [-0.2, -0.15) is 0 Å². The first-order valence-electron chi connectivity index (χ1n) is 11.4. The third-order valence-electron chi connectivity index (χ3n) is 5.23. The highest BCUT2D eigenvalue weighted by Crippen LogP contribution is 2.13. The second-order valence-electron chi connectivity index (χ2n) is 8.23. The number of sulfone groups is 1. The molecule has 2 rings (SSSR count). The summed E-state index contributed by atoms with van der Waals surface area (Å²) in [6.45, 7) is 1.78. The maximum absolute atomic E-state index is 12.5. The second kappa shape index (κ2) is 14.0. The van der Waals surface area contributed by atoms with Gasteiger partial charge in [0.2, 0.25) is 11.8 Å². The van der Waals surface area contributed by atoms with Gasteiger partial charge in [-0.15, -0.1) is 0 Å². The van der Waals surface area contributed by atoms with Crippen LogP contribution in [-0.4, -0.2) is 50.4 Å². The molecule has 0 saturated carbocycles. The van der Waals surface area contributed by atoms with Crippen molar-refractivity contribution in [2.75, 3.05) is 12.3 Å². The van der Waals surface area contributed by atoms with Crippen molar-refractivity contribution in [3.8, 4) is 0 Å². The maximum atomic E-state index is 12.5. The number of amides is 3. The fourth-order valence-electron chi connectivity index (χ4n) is 3.15. The Hall–Kier alpha value is -3.73. The van der Waals surface area contributed by atoms with Crippen LogP contribution >= 0.6 is 0 Å². The molecule has 0 heterocycles. The molecule has 0 fully saturated rings. The molecule has 0 aliphatic rings. The molecule has 36 heavy (non-hydrogen) atoms. The normalized spacial score (nSPS) is 11.8. The molecule has 0 spiro atoms. The van der Waals surface area contributed by atoms with Crippen LogP contribution in [0.4, 0.5) is 4.79 Å². The molecule has 11 heteroatoms. The predicted octanol–water partition coefficient (Wildman–Crippen LogP) is 1.79. The van der Waals surface area contributed by atoms with Crippen LogP contribution in [0.3, 0.4) is 0 Å². The number of carbonyl (C=O) groups excluding carboxylic acids is 4. The van der Waals surface area contributed by atoms with E-state index in [9.17, 15) is 27.6 Å². The number of Topliss-reactive ketones (excluding diaryl/α,β-unsaturated/α-hetero) is 1. The minimum absolute atomic E-state index is 0.00314. The Kier molecular flexibility index (Phi) is 11.1. The van der Waals surface area contributed by atoms with E-state index < -0.39 is 33.8 Å². The largest absolute Gasteiger partial charge is 0.445 e. The maximum Gasteiger partial charge on any atom is 0.408 e. The number of hydrogen-bond donors (Lipinski definition) is 3. The molecule has 2 aromatic rings. The average molecular weight is 518 g/mol. The van der Waals surface area contributed by atoms with Gasteiger partial charge in [0, 0.05) is 25.8 Å². The van der Waals surface area contributed by atoms with Crippen molar-refractivity contribution in [3.63, 3.8) is 0 Å². The minimum Gasteiger partial charge on any atom is -0.445 e. The van der Waals surface area contributed by atoms with E-state index in [4.69, 9.17) is 10.5 Å². The highest BCUT2D eigenvalue weighted by Gasteiger charge is 2.22. The Morgan fingerprint density at radius 2 is 1.61 bits per heavy atom. The summed E-state index contributed by atoms with van der Waals surface area (Å²) in [7, 11) is -3.59. The summed E-state index contributed by atoms with van der Waals surface area (Å²) in [6, 6.07) is 14.2. The molecule has 0 aliphatic carbocycles. The third kappa shape index (κ3) is 10.3. The topological polar surface area (TPSA) is 162 Å². The van der Waals surface area contributed by atoms with Gasteiger partial charge in [-0.05, 0) is 31.0 Å². The first-order chi connectivity index (χ1) is 17.1. The number of alkyl carbamates (subject to hydrolysis) is 1. The second-order valence-corrected chi connectivity index (χ2v) is 10.3. The van der Waals surface area contributed by atoms with Gasteiger partial charge in [-0.3, -0.25) is 14.4 Å². The Balaban J connectivity index is 1.80. The van der Waals surface area contributed by atoms with Gasteiger partial charge in [0.25, 0.3) is 0 Å². The van der Waals surface area contributed by atoms with Crippen molar-refractivity contribution in [3.05, 3.63) is 65.7 Å². The highest BCUT2D eigenvalue weighted by molar-refractivity contribution is 7.91. The number of nitrogens with one attached hydrogen (secondary N) is 2. The quantitative estimate of drug-likeness (QED) is 0.344. The molecule has 0 aliphatic heterocycles. The van der Waals surface area contributed by atoms with Crippen LogP contribution in [0.15, 0.2) is 59.5 Å². The van der Waals surface area contributed by atoms with Crippen molar-refractivity contribution >= 4 is 33.5 Å². The number of nitrogens with two attached hydrogens (primary N) is 1. The van der Waals surface area contributed by atoms with E-state index in [1.807, 2.05) is 13.0 Å². The van der Waals surface area contributed by atoms with Crippen LogP contribution in [0.2, 0.25) is 0 Å². The van der Waals surface area contributed by atoms with E-state index >= 15 is 0 Å². The zero-order chi connectivity index (χ0) is 26.6. The molecule has 2 aromatic carbocycles. The fourth-order valence-corrected chi connectivity index (χ4v) is 4.43. The van der Waals surface area contributed by atoms with Crippen molar-refractivity contribution < 1.29 is 32.3 Å². The van der Waals surface area contributed by atoms with Gasteiger partial charge < -0.3 is 21.1 Å². The van der Waals surface area contributed by atoms with E-state index in [1.165, 1.54) is 12.1 Å². The molecular weight excluding hydrogens is 486 g/mol. The summed E-state index contributed by atoms with van der Waals surface area (Å²) >= 11 is 0. The molecule has 0 saturated heterocycles. The van der Waals surface area contributed by atoms with Gasteiger partial charge in [0.15, 0.2) is 9.84 Å². The van der Waals surface area contributed by atoms with Gasteiger partial charge in [-0.25, -0.2) is 13.2 Å². The molecule has 0 bridgehead atoms. The molecule has 1 unspecified atom stereocenters. The van der Waals surface area contributed by atoms with E-state index in [1.54, 1.807) is 36.4 Å². The number of ketones is 1. The van der Waals surface area contributed by atoms with E-state index in [0.717, 1.165) is 11.1 Å². The first kappa shape index (κ1) is 28.5. The van der Waals surface area contributed by atoms with Gasteiger partial charge >= 0.3 is 6.09 Å². The van der Waals surface area contributed by atoms with E-state index in [-0.39, 0.29) is 55.3 Å². The van der Waals surface area contributed by atoms with E-state index in [2.05, 4.69) is 10.6 Å². The van der Waals surface area contributed by atoms with Crippen molar-refractivity contribution in [2.24, 2.45) is 5.73 Å². The summed E-state index contributed by atoms with van der Waals surface area (Å²) < 4.78 is 29.9. The minimum atomic E-state index is -3.59. The Bertz CT molecular complexity index is 1150. The number of aryl methyl sites for hydroxylation is 1. The van der Waals surface area contributed by atoms with Crippen LogP contribution in [0.1, 0.15) is 36.8 Å². The lowest BCUT2D eigenvalue weighted by Crippen LogP contribution is -2.47. The summed E-state index contributed by atoms with van der Waals surface area (Å²) in [5.74, 6) is -1.93. The molecule has 10 nitrogen and oxygen atoms in total. The van der Waals surface area contributed by atoms with Crippen molar-refractivity contribution in [1.82, 2.24) is 10.6 Å². The van der Waals surface area contributed by atoms with Gasteiger partial charge in [0.05, 0.1) is 10.6 Å². The third-order valence-corrected chi connectivity index (χ3v) is 6.97. The SMILES string of the molecule is Cc1ccc(S(=O)(=O)CCC(=O)CCNC(=O)C(CCC(N)=O)NC(=O)OCc2ccccc2)cc1. The molecule has 0 radical (unpaired) electrons. The number of carbonyl (C=O) groups is 4. The molecular formula is C25H31N3O7S. The highest BCUT2D eigenvalue weighted by atomic mass is 32.2. The van der Waals surface area contributed by atoms with Crippen molar-refractivity contribution in [2.45, 2.75) is 50.2 Å². The fraction of sp³-hybridized carbons (Fsp3) is 0.360. The van der Waals surface area contributed by atoms with Gasteiger partial charge in [-0.1, -0.05) is 48.0 Å². The van der Waals surface area contributed by atoms with Crippen LogP contribution in [0, 0.1) is 6.92 Å². The zero-order valence-electron chi connectivity index (χ0n) is 20.1. The van der Waals surface area contributed by atoms with Gasteiger partial charge in [0.1, 0.15) is 18.4 Å². The summed E-state index contributed by atoms with van der Waals surface area (Å²) in [5.41, 5.74) is 6.84. The molecule has 1 atom stereocenters. The van der Waals surface area contributed by atoms with Crippen molar-refractivity contribution in [1.29, 1.82) is 0 Å². The molecule has 0 aromatic heterocycles. The van der Waals surface area contributed by atoms with Crippen LogP contribution in [0.5, 0.6) is 0 Å². The average Bonchev–Trinajstić information content (AvgIpc) is 2.84.